The molecule has 0 bridgehead atoms. The van der Waals surface area contributed by atoms with Crippen LogP contribution < -0.4 is 4.90 Å². The van der Waals surface area contributed by atoms with Gasteiger partial charge in [0.25, 0.3) is 5.92 Å². The second-order valence-electron chi connectivity index (χ2n) is 4.14. The van der Waals surface area contributed by atoms with E-state index in [9.17, 15) is 13.6 Å². The number of carbonyl (C=O) groups excluding carboxylic acids is 1. The van der Waals surface area contributed by atoms with Crippen LogP contribution in [0.25, 0.3) is 0 Å². The monoisotopic (exact) mass is 241 g/mol. The van der Waals surface area contributed by atoms with Gasteiger partial charge in [0.05, 0.1) is 0 Å². The Morgan fingerprint density at radius 1 is 1.41 bits per heavy atom. The van der Waals surface area contributed by atoms with Gasteiger partial charge in [-0.25, -0.2) is 8.78 Å². The molecule has 0 spiro atoms. The Kier molecular flexibility index (Phi) is 3.86. The number of aryl methyl sites for hydroxylation is 1. The molecule has 0 fully saturated rings. The maximum absolute atomic E-state index is 13.6. The lowest BCUT2D eigenvalue weighted by atomic mass is 10.00. The fourth-order valence-corrected chi connectivity index (χ4v) is 1.64. The van der Waals surface area contributed by atoms with Crippen LogP contribution in [0.15, 0.2) is 18.2 Å². The van der Waals surface area contributed by atoms with E-state index in [0.29, 0.717) is 11.3 Å². The van der Waals surface area contributed by atoms with E-state index in [4.69, 9.17) is 0 Å². The van der Waals surface area contributed by atoms with Crippen LogP contribution in [0.2, 0.25) is 0 Å². The third-order valence-corrected chi connectivity index (χ3v) is 2.91. The Labute approximate surface area is 100 Å². The molecule has 0 atom stereocenters. The average Bonchev–Trinajstić information content (AvgIpc) is 2.27. The van der Waals surface area contributed by atoms with E-state index in [1.807, 2.05) is 0 Å². The van der Waals surface area contributed by atoms with Crippen molar-refractivity contribution >= 4 is 11.6 Å². The summed E-state index contributed by atoms with van der Waals surface area (Å²) in [6.07, 6.45) is -0.226. The third-order valence-electron chi connectivity index (χ3n) is 2.91. The highest BCUT2D eigenvalue weighted by Gasteiger charge is 2.30. The smallest absolute Gasteiger partial charge is 0.273 e. The van der Waals surface area contributed by atoms with E-state index < -0.39 is 5.92 Å². The molecule has 0 heterocycles. The normalized spacial score (nSPS) is 11.4. The fraction of sp³-hybridized carbons (Fsp3) is 0.462. The molecule has 2 nitrogen and oxygen atoms in total. The SMILES string of the molecule is CCC(F)(F)c1ccc(N(C)C(C)=O)cc1C. The average molecular weight is 241 g/mol. The molecule has 0 aliphatic heterocycles. The Hall–Kier alpha value is -1.45. The van der Waals surface area contributed by atoms with Crippen molar-refractivity contribution in [3.63, 3.8) is 0 Å². The zero-order chi connectivity index (χ0) is 13.2. The highest BCUT2D eigenvalue weighted by atomic mass is 19.3. The lowest BCUT2D eigenvalue weighted by Gasteiger charge is -2.20. The zero-order valence-electron chi connectivity index (χ0n) is 10.6. The van der Waals surface area contributed by atoms with Gasteiger partial charge in [0.2, 0.25) is 5.91 Å². The van der Waals surface area contributed by atoms with Gasteiger partial charge < -0.3 is 4.90 Å². The van der Waals surface area contributed by atoms with Gasteiger partial charge in [-0.15, -0.1) is 0 Å². The predicted molar refractivity (Wildman–Crippen MR) is 64.4 cm³/mol. The van der Waals surface area contributed by atoms with Crippen LogP contribution in [-0.4, -0.2) is 13.0 Å². The first-order valence-corrected chi connectivity index (χ1v) is 5.53. The van der Waals surface area contributed by atoms with Gasteiger partial charge in [0.15, 0.2) is 0 Å². The minimum absolute atomic E-state index is 0.0284. The van der Waals surface area contributed by atoms with E-state index in [0.717, 1.165) is 0 Å². The van der Waals surface area contributed by atoms with Crippen molar-refractivity contribution in [3.05, 3.63) is 29.3 Å². The van der Waals surface area contributed by atoms with Gasteiger partial charge >= 0.3 is 0 Å². The molecule has 94 valence electrons. The number of anilines is 1. The molecular weight excluding hydrogens is 224 g/mol. The maximum atomic E-state index is 13.6. The summed E-state index contributed by atoms with van der Waals surface area (Å²) in [5.74, 6) is -2.93. The summed E-state index contributed by atoms with van der Waals surface area (Å²) in [5.41, 5.74) is 1.16. The molecule has 0 saturated carbocycles. The molecule has 1 aromatic rings. The number of amides is 1. The number of rotatable bonds is 3. The summed E-state index contributed by atoms with van der Waals surface area (Å²) in [6, 6.07) is 4.56. The second kappa shape index (κ2) is 4.82. The Bertz CT molecular complexity index is 429. The van der Waals surface area contributed by atoms with E-state index in [1.165, 1.54) is 24.8 Å². The Balaban J connectivity index is 3.15. The topological polar surface area (TPSA) is 20.3 Å². The van der Waals surface area contributed by atoms with Crippen molar-refractivity contribution in [2.75, 3.05) is 11.9 Å². The second-order valence-corrected chi connectivity index (χ2v) is 4.14. The lowest BCUT2D eigenvalue weighted by Crippen LogP contribution is -2.23. The largest absolute Gasteiger partial charge is 0.316 e. The van der Waals surface area contributed by atoms with E-state index >= 15 is 0 Å². The summed E-state index contributed by atoms with van der Waals surface area (Å²) in [6.45, 7) is 4.52. The van der Waals surface area contributed by atoms with Gasteiger partial charge in [0.1, 0.15) is 0 Å². The number of nitrogens with zero attached hydrogens (tertiary/aromatic N) is 1. The van der Waals surface area contributed by atoms with Gasteiger partial charge in [0, 0.05) is 31.6 Å². The summed E-state index contributed by atoms with van der Waals surface area (Å²) in [7, 11) is 1.62. The van der Waals surface area contributed by atoms with Crippen molar-refractivity contribution in [3.8, 4) is 0 Å². The number of hydrogen-bond donors (Lipinski definition) is 0. The summed E-state index contributed by atoms with van der Waals surface area (Å²) < 4.78 is 27.1. The zero-order valence-corrected chi connectivity index (χ0v) is 10.6. The highest BCUT2D eigenvalue weighted by Crippen LogP contribution is 2.34. The summed E-state index contributed by atoms with van der Waals surface area (Å²) in [4.78, 5) is 12.6. The molecule has 0 aromatic heterocycles. The van der Waals surface area contributed by atoms with Crippen LogP contribution in [0, 0.1) is 6.92 Å². The molecule has 0 saturated heterocycles. The molecule has 0 unspecified atom stereocenters. The number of alkyl halides is 2. The molecule has 1 amide bonds. The molecular formula is C13H17F2NO. The first kappa shape index (κ1) is 13.6. The van der Waals surface area contributed by atoms with Crippen molar-refractivity contribution in [1.29, 1.82) is 0 Å². The first-order valence-electron chi connectivity index (χ1n) is 5.53. The number of hydrogen-bond acceptors (Lipinski definition) is 1. The lowest BCUT2D eigenvalue weighted by molar-refractivity contribution is -0.116. The number of halogens is 2. The van der Waals surface area contributed by atoms with E-state index in [2.05, 4.69) is 0 Å². The van der Waals surface area contributed by atoms with Crippen molar-refractivity contribution < 1.29 is 13.6 Å². The van der Waals surface area contributed by atoms with E-state index in [-0.39, 0.29) is 17.9 Å². The molecule has 17 heavy (non-hydrogen) atoms. The van der Waals surface area contributed by atoms with E-state index in [1.54, 1.807) is 26.1 Å². The van der Waals surface area contributed by atoms with Crippen LogP contribution in [-0.2, 0) is 10.7 Å². The fourth-order valence-electron chi connectivity index (χ4n) is 1.64. The molecule has 4 heteroatoms. The van der Waals surface area contributed by atoms with Crippen LogP contribution in [0.4, 0.5) is 14.5 Å². The van der Waals surface area contributed by atoms with Gasteiger partial charge in [-0.2, -0.15) is 0 Å². The van der Waals surface area contributed by atoms with Crippen LogP contribution in [0.5, 0.6) is 0 Å². The molecule has 0 radical (unpaired) electrons. The highest BCUT2D eigenvalue weighted by molar-refractivity contribution is 5.90. The van der Waals surface area contributed by atoms with Crippen molar-refractivity contribution in [1.82, 2.24) is 0 Å². The molecule has 1 rings (SSSR count). The van der Waals surface area contributed by atoms with Crippen LogP contribution in [0.1, 0.15) is 31.4 Å². The first-order chi connectivity index (χ1) is 7.79. The number of carbonyl (C=O) groups is 1. The third kappa shape index (κ3) is 2.81. The maximum Gasteiger partial charge on any atom is 0.273 e. The minimum atomic E-state index is -2.81. The molecule has 1 aromatic carbocycles. The molecule has 0 N–H and O–H groups in total. The quantitative estimate of drug-likeness (QED) is 0.793. The van der Waals surface area contributed by atoms with Crippen molar-refractivity contribution in [2.45, 2.75) is 33.1 Å². The minimum Gasteiger partial charge on any atom is -0.316 e. The Morgan fingerprint density at radius 3 is 2.41 bits per heavy atom. The van der Waals surface area contributed by atoms with Gasteiger partial charge in [-0.1, -0.05) is 13.0 Å². The Morgan fingerprint density at radius 2 is 2.00 bits per heavy atom. The summed E-state index contributed by atoms with van der Waals surface area (Å²) in [5, 5.41) is 0. The van der Waals surface area contributed by atoms with Crippen molar-refractivity contribution in [2.24, 2.45) is 0 Å². The van der Waals surface area contributed by atoms with Crippen LogP contribution >= 0.6 is 0 Å². The van der Waals surface area contributed by atoms with Gasteiger partial charge in [-0.3, -0.25) is 4.79 Å². The van der Waals surface area contributed by atoms with Crippen LogP contribution in [0.3, 0.4) is 0 Å². The molecule has 0 aliphatic rings. The predicted octanol–water partition coefficient (Wildman–Crippen LogP) is 3.48. The number of benzene rings is 1. The standard InChI is InChI=1S/C13H17F2NO/c1-5-13(14,15)12-7-6-11(8-9(12)2)16(4)10(3)17/h6-8H,5H2,1-4H3. The van der Waals surface area contributed by atoms with Gasteiger partial charge in [-0.05, 0) is 24.6 Å². The molecule has 0 aliphatic carbocycles. The summed E-state index contributed by atoms with van der Waals surface area (Å²) >= 11 is 0.